The van der Waals surface area contributed by atoms with Crippen molar-refractivity contribution < 1.29 is 9.13 Å². The minimum absolute atomic E-state index is 0.141. The fourth-order valence-corrected chi connectivity index (χ4v) is 2.61. The van der Waals surface area contributed by atoms with Crippen LogP contribution in [-0.2, 0) is 0 Å². The number of hydrogen-bond acceptors (Lipinski definition) is 3. The van der Waals surface area contributed by atoms with Crippen molar-refractivity contribution in [2.45, 2.75) is 19.4 Å². The Balaban J connectivity index is 2.44. The van der Waals surface area contributed by atoms with E-state index in [1.54, 1.807) is 25.6 Å². The lowest BCUT2D eigenvalue weighted by molar-refractivity contribution is 0.411. The number of methoxy groups -OCH3 is 1. The molecule has 1 aromatic heterocycles. The smallest absolute Gasteiger partial charge is 0.137 e. The number of halogens is 2. The fourth-order valence-electron chi connectivity index (χ4n) is 2.14. The van der Waals surface area contributed by atoms with Crippen LogP contribution in [0.4, 0.5) is 4.39 Å². The molecular weight excluding hydrogens is 335 g/mol. The van der Waals surface area contributed by atoms with Gasteiger partial charge in [-0.05, 0) is 48.4 Å². The Morgan fingerprint density at radius 3 is 2.86 bits per heavy atom. The van der Waals surface area contributed by atoms with Crippen LogP contribution in [-0.4, -0.2) is 18.6 Å². The second-order valence-corrected chi connectivity index (χ2v) is 5.57. The standard InChI is InChI=1S/C16H18BrFN2O/c1-3-6-20-16(11-7-13(21-2)10-19-9-11)14-8-12(18)4-5-15(14)17/h4-5,7-10,16,20H,3,6H2,1-2H3. The molecule has 5 heteroatoms. The van der Waals surface area contributed by atoms with E-state index in [2.05, 4.69) is 33.2 Å². The van der Waals surface area contributed by atoms with E-state index in [-0.39, 0.29) is 11.9 Å². The highest BCUT2D eigenvalue weighted by Crippen LogP contribution is 2.30. The van der Waals surface area contributed by atoms with Gasteiger partial charge in [0, 0.05) is 10.7 Å². The highest BCUT2D eigenvalue weighted by molar-refractivity contribution is 9.10. The Labute approximate surface area is 132 Å². The van der Waals surface area contributed by atoms with Crippen molar-refractivity contribution in [1.29, 1.82) is 0 Å². The number of nitrogens with zero attached hydrogens (tertiary/aromatic N) is 1. The van der Waals surface area contributed by atoms with Gasteiger partial charge in [0.1, 0.15) is 11.6 Å². The molecule has 3 nitrogen and oxygen atoms in total. The van der Waals surface area contributed by atoms with E-state index in [0.29, 0.717) is 5.75 Å². The molecule has 2 aromatic rings. The Hall–Kier alpha value is -1.46. The van der Waals surface area contributed by atoms with E-state index in [4.69, 9.17) is 4.74 Å². The van der Waals surface area contributed by atoms with E-state index in [0.717, 1.165) is 28.6 Å². The number of pyridine rings is 1. The lowest BCUT2D eigenvalue weighted by Gasteiger charge is -2.21. The molecule has 0 radical (unpaired) electrons. The first kappa shape index (κ1) is 15.9. The number of nitrogens with one attached hydrogen (secondary N) is 1. The van der Waals surface area contributed by atoms with Crippen LogP contribution in [0.1, 0.15) is 30.5 Å². The zero-order valence-corrected chi connectivity index (χ0v) is 13.7. The van der Waals surface area contributed by atoms with Crippen molar-refractivity contribution in [2.24, 2.45) is 0 Å². The first-order valence-corrected chi connectivity index (χ1v) is 7.62. The van der Waals surface area contributed by atoms with Gasteiger partial charge in [-0.25, -0.2) is 4.39 Å². The summed E-state index contributed by atoms with van der Waals surface area (Å²) in [6, 6.07) is 6.47. The fraction of sp³-hybridized carbons (Fsp3) is 0.312. The van der Waals surface area contributed by atoms with Crippen LogP contribution >= 0.6 is 15.9 Å². The molecule has 1 aromatic carbocycles. The van der Waals surface area contributed by atoms with Crippen molar-refractivity contribution in [2.75, 3.05) is 13.7 Å². The predicted octanol–water partition coefficient (Wildman–Crippen LogP) is 4.08. The van der Waals surface area contributed by atoms with Gasteiger partial charge in [0.25, 0.3) is 0 Å². The van der Waals surface area contributed by atoms with E-state index in [9.17, 15) is 4.39 Å². The predicted molar refractivity (Wildman–Crippen MR) is 85.0 cm³/mol. The van der Waals surface area contributed by atoms with E-state index >= 15 is 0 Å². The lowest BCUT2D eigenvalue weighted by atomic mass is 9.99. The monoisotopic (exact) mass is 352 g/mol. The van der Waals surface area contributed by atoms with Crippen molar-refractivity contribution >= 4 is 15.9 Å². The maximum atomic E-state index is 13.6. The van der Waals surface area contributed by atoms with Gasteiger partial charge in [0.2, 0.25) is 0 Å². The summed E-state index contributed by atoms with van der Waals surface area (Å²) >= 11 is 3.50. The number of hydrogen-bond donors (Lipinski definition) is 1. The maximum Gasteiger partial charge on any atom is 0.137 e. The zero-order valence-electron chi connectivity index (χ0n) is 12.1. The van der Waals surface area contributed by atoms with Crippen LogP contribution < -0.4 is 10.1 Å². The molecule has 0 saturated heterocycles. The minimum atomic E-state index is -0.257. The zero-order chi connectivity index (χ0) is 15.2. The highest BCUT2D eigenvalue weighted by atomic mass is 79.9. The summed E-state index contributed by atoms with van der Waals surface area (Å²) in [5.74, 6) is 0.427. The second kappa shape index (κ2) is 7.52. The minimum Gasteiger partial charge on any atom is -0.495 e. The summed E-state index contributed by atoms with van der Waals surface area (Å²) in [7, 11) is 1.60. The van der Waals surface area contributed by atoms with Gasteiger partial charge in [-0.1, -0.05) is 22.9 Å². The molecule has 0 aliphatic rings. The first-order valence-electron chi connectivity index (χ1n) is 6.83. The summed E-state index contributed by atoms with van der Waals surface area (Å²) < 4.78 is 19.7. The van der Waals surface area contributed by atoms with Crippen molar-refractivity contribution in [1.82, 2.24) is 10.3 Å². The van der Waals surface area contributed by atoms with Crippen molar-refractivity contribution in [3.05, 3.63) is 58.1 Å². The van der Waals surface area contributed by atoms with E-state index in [1.165, 1.54) is 12.1 Å². The Bertz CT molecular complexity index is 607. The molecule has 1 unspecified atom stereocenters. The van der Waals surface area contributed by atoms with Gasteiger partial charge in [-0.3, -0.25) is 4.98 Å². The average Bonchev–Trinajstić information content (AvgIpc) is 2.51. The molecule has 0 saturated carbocycles. The van der Waals surface area contributed by atoms with Crippen LogP contribution in [0, 0.1) is 5.82 Å². The summed E-state index contributed by atoms with van der Waals surface area (Å²) in [5, 5.41) is 3.43. The quantitative estimate of drug-likeness (QED) is 0.850. The van der Waals surface area contributed by atoms with Crippen LogP contribution in [0.3, 0.4) is 0 Å². The van der Waals surface area contributed by atoms with Crippen LogP contribution in [0.15, 0.2) is 41.1 Å². The van der Waals surface area contributed by atoms with Gasteiger partial charge >= 0.3 is 0 Å². The van der Waals surface area contributed by atoms with Crippen LogP contribution in [0.5, 0.6) is 5.75 Å². The molecular formula is C16H18BrFN2O. The first-order chi connectivity index (χ1) is 10.2. The molecule has 1 atom stereocenters. The largest absolute Gasteiger partial charge is 0.495 e. The molecule has 1 N–H and O–H groups in total. The van der Waals surface area contributed by atoms with Crippen molar-refractivity contribution in [3.63, 3.8) is 0 Å². The molecule has 0 spiro atoms. The molecule has 1 heterocycles. The van der Waals surface area contributed by atoms with E-state index in [1.807, 2.05) is 6.07 Å². The van der Waals surface area contributed by atoms with Gasteiger partial charge in [-0.2, -0.15) is 0 Å². The Morgan fingerprint density at radius 2 is 2.14 bits per heavy atom. The van der Waals surface area contributed by atoms with Crippen LogP contribution in [0.2, 0.25) is 0 Å². The molecule has 0 bridgehead atoms. The third-order valence-electron chi connectivity index (χ3n) is 3.17. The van der Waals surface area contributed by atoms with Gasteiger partial charge in [0.05, 0.1) is 19.3 Å². The molecule has 0 amide bonds. The lowest BCUT2D eigenvalue weighted by Crippen LogP contribution is -2.24. The second-order valence-electron chi connectivity index (χ2n) is 4.71. The third kappa shape index (κ3) is 4.02. The Morgan fingerprint density at radius 1 is 1.33 bits per heavy atom. The van der Waals surface area contributed by atoms with Crippen molar-refractivity contribution in [3.8, 4) is 5.75 Å². The summed E-state index contributed by atoms with van der Waals surface area (Å²) in [5.41, 5.74) is 1.78. The Kier molecular flexibility index (Phi) is 5.70. The SMILES string of the molecule is CCCNC(c1cncc(OC)c1)c1cc(F)ccc1Br. The average molecular weight is 353 g/mol. The molecule has 0 aliphatic carbocycles. The normalized spacial score (nSPS) is 12.2. The summed E-state index contributed by atoms with van der Waals surface area (Å²) in [6.07, 6.45) is 4.41. The van der Waals surface area contributed by atoms with Gasteiger partial charge in [0.15, 0.2) is 0 Å². The highest BCUT2D eigenvalue weighted by Gasteiger charge is 2.18. The molecule has 21 heavy (non-hydrogen) atoms. The summed E-state index contributed by atoms with van der Waals surface area (Å²) in [4.78, 5) is 4.19. The third-order valence-corrected chi connectivity index (χ3v) is 3.89. The number of ether oxygens (including phenoxy) is 1. The topological polar surface area (TPSA) is 34.2 Å². The number of rotatable bonds is 6. The molecule has 0 fully saturated rings. The van der Waals surface area contributed by atoms with Gasteiger partial charge < -0.3 is 10.1 Å². The van der Waals surface area contributed by atoms with Crippen LogP contribution in [0.25, 0.3) is 0 Å². The molecule has 0 aliphatic heterocycles. The maximum absolute atomic E-state index is 13.6. The summed E-state index contributed by atoms with van der Waals surface area (Å²) in [6.45, 7) is 2.92. The molecule has 112 valence electrons. The number of benzene rings is 1. The van der Waals surface area contributed by atoms with Gasteiger partial charge in [-0.15, -0.1) is 0 Å². The van der Waals surface area contributed by atoms with E-state index < -0.39 is 0 Å². The number of aromatic nitrogens is 1. The molecule has 2 rings (SSSR count).